The third-order valence-corrected chi connectivity index (χ3v) is 4.21. The van der Waals surface area contributed by atoms with E-state index in [9.17, 15) is 15.2 Å². The molecule has 0 saturated heterocycles. The van der Waals surface area contributed by atoms with Gasteiger partial charge in [0.1, 0.15) is 29.7 Å². The van der Waals surface area contributed by atoms with Crippen molar-refractivity contribution >= 4 is 28.7 Å². The van der Waals surface area contributed by atoms with Crippen LogP contribution in [0.4, 0.5) is 0 Å². The predicted octanol–water partition coefficient (Wildman–Crippen LogP) is 3.63. The molecule has 0 saturated carbocycles. The number of fused-ring (bicyclic) bond motifs is 1. The van der Waals surface area contributed by atoms with Crippen LogP contribution in [0.15, 0.2) is 54.3 Å². The lowest BCUT2D eigenvalue weighted by Gasteiger charge is -2.07. The number of ether oxygens (including phenoxy) is 3. The molecule has 152 valence electrons. The second-order valence-corrected chi connectivity index (χ2v) is 6.08. The third kappa shape index (κ3) is 4.59. The van der Waals surface area contributed by atoms with Crippen molar-refractivity contribution in [2.75, 3.05) is 20.8 Å². The number of aromatic amines is 1. The van der Waals surface area contributed by atoms with Crippen LogP contribution in [0, 0.1) is 11.3 Å². The molecule has 0 spiro atoms. The Morgan fingerprint density at radius 2 is 2.03 bits per heavy atom. The average molecular weight is 405 g/mol. The second kappa shape index (κ2) is 9.30. The lowest BCUT2D eigenvalue weighted by molar-refractivity contribution is -0.137. The van der Waals surface area contributed by atoms with Crippen molar-refractivity contribution < 1.29 is 24.1 Å². The number of benzene rings is 2. The SMILES string of the molecule is COc1ccc(OC)c(C=CC(=O)OC/C(O)=C(\C#N)c2nc3ccccc3[nH]2)c1. The lowest BCUT2D eigenvalue weighted by Crippen LogP contribution is -2.06. The Balaban J connectivity index is 1.71. The Bertz CT molecular complexity index is 1140. The molecule has 0 aliphatic rings. The standard InChI is InChI=1S/C22H19N3O5/c1-28-15-8-9-20(29-2)14(11-15)7-10-21(27)30-13-19(26)16(12-23)22-24-17-5-3-4-6-18(17)25-22/h3-11,26H,13H2,1-2H3,(H,24,25)/b10-7?,19-16-. The maximum atomic E-state index is 12.0. The van der Waals surface area contributed by atoms with Crippen molar-refractivity contribution in [2.45, 2.75) is 0 Å². The van der Waals surface area contributed by atoms with Gasteiger partial charge in [-0.25, -0.2) is 9.78 Å². The van der Waals surface area contributed by atoms with Gasteiger partial charge < -0.3 is 24.3 Å². The zero-order chi connectivity index (χ0) is 21.5. The van der Waals surface area contributed by atoms with Crippen LogP contribution in [0.3, 0.4) is 0 Å². The number of allylic oxidation sites excluding steroid dienone is 1. The summed E-state index contributed by atoms with van der Waals surface area (Å²) < 4.78 is 15.4. The molecule has 3 aromatic rings. The number of carbonyl (C=O) groups excluding carboxylic acids is 1. The van der Waals surface area contributed by atoms with Crippen molar-refractivity contribution in [2.24, 2.45) is 0 Å². The third-order valence-electron chi connectivity index (χ3n) is 4.21. The van der Waals surface area contributed by atoms with Gasteiger partial charge in [-0.3, -0.25) is 0 Å². The summed E-state index contributed by atoms with van der Waals surface area (Å²) in [5.41, 5.74) is 1.89. The minimum atomic E-state index is -0.701. The second-order valence-electron chi connectivity index (χ2n) is 6.08. The van der Waals surface area contributed by atoms with Crippen molar-refractivity contribution in [3.8, 4) is 17.6 Å². The first kappa shape index (κ1) is 20.5. The molecular weight excluding hydrogens is 386 g/mol. The van der Waals surface area contributed by atoms with Gasteiger partial charge in [-0.2, -0.15) is 5.26 Å². The van der Waals surface area contributed by atoms with Gasteiger partial charge in [0, 0.05) is 11.6 Å². The number of aliphatic hydroxyl groups is 1. The van der Waals surface area contributed by atoms with Gasteiger partial charge in [-0.15, -0.1) is 0 Å². The monoisotopic (exact) mass is 405 g/mol. The number of aromatic nitrogens is 2. The number of esters is 1. The van der Waals surface area contributed by atoms with E-state index in [0.29, 0.717) is 22.6 Å². The Morgan fingerprint density at radius 1 is 1.23 bits per heavy atom. The highest BCUT2D eigenvalue weighted by Gasteiger charge is 2.14. The lowest BCUT2D eigenvalue weighted by atomic mass is 10.1. The zero-order valence-corrected chi connectivity index (χ0v) is 16.4. The van der Waals surface area contributed by atoms with Crippen molar-refractivity contribution in [3.05, 3.63) is 65.7 Å². The van der Waals surface area contributed by atoms with Gasteiger partial charge in [0.05, 0.1) is 25.3 Å². The first-order valence-electron chi connectivity index (χ1n) is 8.90. The van der Waals surface area contributed by atoms with E-state index in [0.717, 1.165) is 5.52 Å². The fraction of sp³-hybridized carbons (Fsp3) is 0.136. The number of aliphatic hydroxyl groups excluding tert-OH is 1. The summed E-state index contributed by atoms with van der Waals surface area (Å²) in [7, 11) is 3.05. The number of para-hydroxylation sites is 2. The van der Waals surface area contributed by atoms with E-state index in [1.807, 2.05) is 18.2 Å². The fourth-order valence-corrected chi connectivity index (χ4v) is 2.71. The topological polar surface area (TPSA) is 117 Å². The van der Waals surface area contributed by atoms with Gasteiger partial charge in [-0.05, 0) is 36.4 Å². The van der Waals surface area contributed by atoms with Crippen LogP contribution in [0.25, 0.3) is 22.7 Å². The molecular formula is C22H19N3O5. The molecule has 0 fully saturated rings. The van der Waals surface area contributed by atoms with E-state index >= 15 is 0 Å². The first-order chi connectivity index (χ1) is 14.5. The molecule has 0 unspecified atom stereocenters. The van der Waals surface area contributed by atoms with Crippen LogP contribution >= 0.6 is 0 Å². The summed E-state index contributed by atoms with van der Waals surface area (Å²) in [4.78, 5) is 19.3. The molecule has 0 atom stereocenters. The molecule has 8 nitrogen and oxygen atoms in total. The van der Waals surface area contributed by atoms with Crippen LogP contribution in [0.5, 0.6) is 11.5 Å². The van der Waals surface area contributed by atoms with Crippen LogP contribution in [-0.4, -0.2) is 41.9 Å². The number of imidazole rings is 1. The van der Waals surface area contributed by atoms with Crippen molar-refractivity contribution in [1.82, 2.24) is 9.97 Å². The maximum Gasteiger partial charge on any atom is 0.331 e. The van der Waals surface area contributed by atoms with Gasteiger partial charge in [-0.1, -0.05) is 12.1 Å². The highest BCUT2D eigenvalue weighted by molar-refractivity contribution is 5.88. The normalized spacial score (nSPS) is 11.8. The molecule has 0 radical (unpaired) electrons. The van der Waals surface area contributed by atoms with Gasteiger partial charge >= 0.3 is 5.97 Å². The molecule has 30 heavy (non-hydrogen) atoms. The Kier molecular flexibility index (Phi) is 6.35. The summed E-state index contributed by atoms with van der Waals surface area (Å²) in [6.45, 7) is -0.474. The van der Waals surface area contributed by atoms with Crippen molar-refractivity contribution in [1.29, 1.82) is 5.26 Å². The molecule has 3 rings (SSSR count). The minimum absolute atomic E-state index is 0.0996. The molecule has 2 aromatic carbocycles. The summed E-state index contributed by atoms with van der Waals surface area (Å²) >= 11 is 0. The van der Waals surface area contributed by atoms with Crippen LogP contribution in [-0.2, 0) is 9.53 Å². The number of hydrogen-bond acceptors (Lipinski definition) is 7. The van der Waals surface area contributed by atoms with Gasteiger partial charge in [0.15, 0.2) is 11.6 Å². The fourth-order valence-electron chi connectivity index (χ4n) is 2.71. The average Bonchev–Trinajstić information content (AvgIpc) is 3.20. The highest BCUT2D eigenvalue weighted by atomic mass is 16.5. The number of methoxy groups -OCH3 is 2. The van der Waals surface area contributed by atoms with Crippen LogP contribution in [0.2, 0.25) is 0 Å². The van der Waals surface area contributed by atoms with Crippen molar-refractivity contribution in [3.63, 3.8) is 0 Å². The summed E-state index contributed by atoms with van der Waals surface area (Å²) in [5, 5.41) is 19.6. The number of carbonyl (C=O) groups is 1. The number of nitriles is 1. The Morgan fingerprint density at radius 3 is 2.73 bits per heavy atom. The summed E-state index contributed by atoms with van der Waals surface area (Å²) in [6, 6.07) is 14.3. The molecule has 8 heteroatoms. The highest BCUT2D eigenvalue weighted by Crippen LogP contribution is 2.25. The maximum absolute atomic E-state index is 12.0. The molecule has 0 amide bonds. The first-order valence-corrected chi connectivity index (χ1v) is 8.90. The Labute approximate surface area is 172 Å². The Hall–Kier alpha value is -4.25. The number of H-pyrrole nitrogens is 1. The molecule has 1 heterocycles. The van der Waals surface area contributed by atoms with Crippen LogP contribution < -0.4 is 9.47 Å². The van der Waals surface area contributed by atoms with Gasteiger partial charge in [0.25, 0.3) is 0 Å². The number of hydrogen-bond donors (Lipinski definition) is 2. The van der Waals surface area contributed by atoms with Crippen LogP contribution in [0.1, 0.15) is 11.4 Å². The van der Waals surface area contributed by atoms with E-state index in [1.54, 1.807) is 30.3 Å². The summed E-state index contributed by atoms with van der Waals surface area (Å²) in [6.07, 6.45) is 2.70. The van der Waals surface area contributed by atoms with E-state index < -0.39 is 18.3 Å². The van der Waals surface area contributed by atoms with Gasteiger partial charge in [0.2, 0.25) is 0 Å². The quantitative estimate of drug-likeness (QED) is 0.267. The zero-order valence-electron chi connectivity index (χ0n) is 16.4. The predicted molar refractivity (Wildman–Crippen MR) is 111 cm³/mol. The molecule has 0 bridgehead atoms. The van der Waals surface area contributed by atoms with E-state index in [4.69, 9.17) is 14.2 Å². The molecule has 1 aromatic heterocycles. The molecule has 0 aliphatic heterocycles. The number of nitrogens with zero attached hydrogens (tertiary/aromatic N) is 2. The smallest absolute Gasteiger partial charge is 0.331 e. The largest absolute Gasteiger partial charge is 0.507 e. The number of nitrogens with one attached hydrogen (secondary N) is 1. The number of rotatable bonds is 7. The summed E-state index contributed by atoms with van der Waals surface area (Å²) in [5.74, 6) is 0.252. The van der Waals surface area contributed by atoms with E-state index in [2.05, 4.69) is 9.97 Å². The molecule has 0 aliphatic carbocycles. The van der Waals surface area contributed by atoms with E-state index in [1.165, 1.54) is 26.4 Å². The van der Waals surface area contributed by atoms with E-state index in [-0.39, 0.29) is 11.4 Å². The molecule has 2 N–H and O–H groups in total. The minimum Gasteiger partial charge on any atom is -0.507 e.